The Morgan fingerprint density at radius 1 is 1.09 bits per heavy atom. The zero-order chi connectivity index (χ0) is 15.8. The van der Waals surface area contributed by atoms with Crippen LogP contribution in [0, 0.1) is 6.92 Å². The summed E-state index contributed by atoms with van der Waals surface area (Å²) in [7, 11) is 0. The second kappa shape index (κ2) is 5.74. The first kappa shape index (κ1) is 14.3. The van der Waals surface area contributed by atoms with Crippen molar-refractivity contribution in [1.82, 2.24) is 15.2 Å². The molecule has 0 atom stereocenters. The van der Waals surface area contributed by atoms with Crippen LogP contribution >= 0.6 is 11.6 Å². The molecule has 1 aliphatic rings. The molecule has 0 amide bonds. The van der Waals surface area contributed by atoms with Crippen molar-refractivity contribution in [1.29, 1.82) is 0 Å². The lowest BCUT2D eigenvalue weighted by Crippen LogP contribution is -2.46. The minimum absolute atomic E-state index is 0.783. The molecule has 0 bridgehead atoms. The Bertz CT molecular complexity index is 836. The molecule has 0 spiro atoms. The first-order valence-electron chi connectivity index (χ1n) is 7.77. The van der Waals surface area contributed by atoms with Crippen LogP contribution in [0.2, 0.25) is 5.02 Å². The minimum Gasteiger partial charge on any atom is -0.368 e. The molecule has 1 aromatic carbocycles. The second-order valence-corrected chi connectivity index (χ2v) is 6.26. The minimum atomic E-state index is 0.783. The number of halogens is 1. The summed E-state index contributed by atoms with van der Waals surface area (Å²) >= 11 is 6.10. The van der Waals surface area contributed by atoms with Crippen LogP contribution in [0.1, 0.15) is 5.69 Å². The highest BCUT2D eigenvalue weighted by Gasteiger charge is 2.21. The van der Waals surface area contributed by atoms with Crippen molar-refractivity contribution in [3.8, 4) is 0 Å². The van der Waals surface area contributed by atoms with Crippen LogP contribution in [0.4, 0.5) is 11.5 Å². The average Bonchev–Trinajstić information content (AvgIpc) is 2.97. The number of nitrogens with one attached hydrogen (secondary N) is 1. The number of benzene rings is 1. The lowest BCUT2D eigenvalue weighted by molar-refractivity contribution is 0.649. The molecule has 6 heteroatoms. The number of hydrogen-bond acceptors (Lipinski definition) is 4. The number of aromatic amines is 1. The fourth-order valence-electron chi connectivity index (χ4n) is 3.19. The molecule has 1 saturated heterocycles. The van der Waals surface area contributed by atoms with E-state index in [0.29, 0.717) is 0 Å². The molecular weight excluding hydrogens is 310 g/mol. The zero-order valence-electron chi connectivity index (χ0n) is 13.0. The predicted molar refractivity (Wildman–Crippen MR) is 94.5 cm³/mol. The summed E-state index contributed by atoms with van der Waals surface area (Å²) in [5, 5.41) is 9.28. The maximum Gasteiger partial charge on any atom is 0.140 e. The molecular formula is C17H18ClN5. The fourth-order valence-corrected chi connectivity index (χ4v) is 3.37. The zero-order valence-corrected chi connectivity index (χ0v) is 13.7. The van der Waals surface area contributed by atoms with Gasteiger partial charge in [0.1, 0.15) is 5.82 Å². The number of H-pyrrole nitrogens is 1. The third kappa shape index (κ3) is 2.61. The number of aryl methyl sites for hydroxylation is 1. The molecule has 3 heterocycles. The van der Waals surface area contributed by atoms with E-state index in [1.54, 1.807) is 0 Å². The van der Waals surface area contributed by atoms with E-state index in [0.717, 1.165) is 53.6 Å². The van der Waals surface area contributed by atoms with E-state index in [9.17, 15) is 0 Å². The van der Waals surface area contributed by atoms with E-state index in [1.807, 2.05) is 37.4 Å². The number of fused-ring (bicyclic) bond motifs is 1. The SMILES string of the molecule is Cc1n[nH]c2ccnc(N3CCN(c4cccc(Cl)c4)CC3)c12. The summed E-state index contributed by atoms with van der Waals surface area (Å²) in [6, 6.07) is 10.0. The van der Waals surface area contributed by atoms with E-state index in [1.165, 1.54) is 5.69 Å². The Morgan fingerprint density at radius 3 is 2.65 bits per heavy atom. The van der Waals surface area contributed by atoms with E-state index in [-0.39, 0.29) is 0 Å². The van der Waals surface area contributed by atoms with Crippen molar-refractivity contribution < 1.29 is 0 Å². The van der Waals surface area contributed by atoms with Crippen molar-refractivity contribution >= 4 is 34.0 Å². The number of aromatic nitrogens is 3. The average molecular weight is 328 g/mol. The van der Waals surface area contributed by atoms with E-state index >= 15 is 0 Å². The summed E-state index contributed by atoms with van der Waals surface area (Å²) in [5.41, 5.74) is 3.23. The summed E-state index contributed by atoms with van der Waals surface area (Å²) in [6.07, 6.45) is 1.85. The lowest BCUT2D eigenvalue weighted by Gasteiger charge is -2.37. The van der Waals surface area contributed by atoms with Crippen LogP contribution in [0.3, 0.4) is 0 Å². The third-order valence-electron chi connectivity index (χ3n) is 4.39. The van der Waals surface area contributed by atoms with Gasteiger partial charge in [-0.05, 0) is 31.2 Å². The molecule has 0 aliphatic carbocycles. The van der Waals surface area contributed by atoms with Crippen molar-refractivity contribution in [2.75, 3.05) is 36.0 Å². The van der Waals surface area contributed by atoms with Gasteiger partial charge in [0.05, 0.1) is 16.6 Å². The molecule has 4 rings (SSSR count). The van der Waals surface area contributed by atoms with Gasteiger partial charge in [0.2, 0.25) is 0 Å². The number of pyridine rings is 1. The molecule has 23 heavy (non-hydrogen) atoms. The quantitative estimate of drug-likeness (QED) is 0.785. The van der Waals surface area contributed by atoms with Crippen molar-refractivity contribution in [2.45, 2.75) is 6.92 Å². The van der Waals surface area contributed by atoms with E-state index < -0.39 is 0 Å². The second-order valence-electron chi connectivity index (χ2n) is 5.82. The first-order valence-corrected chi connectivity index (χ1v) is 8.15. The van der Waals surface area contributed by atoms with Gasteiger partial charge in [0, 0.05) is 43.1 Å². The molecule has 1 aliphatic heterocycles. The molecule has 3 aromatic rings. The van der Waals surface area contributed by atoms with E-state index in [4.69, 9.17) is 11.6 Å². The van der Waals surface area contributed by atoms with Gasteiger partial charge in [0.15, 0.2) is 0 Å². The molecule has 5 nitrogen and oxygen atoms in total. The standard InChI is InChI=1S/C17H18ClN5/c1-12-16-15(21-20-12)5-6-19-17(16)23-9-7-22(8-10-23)14-4-2-3-13(18)11-14/h2-6,11H,7-10H2,1H3,(H,20,21). The summed E-state index contributed by atoms with van der Waals surface area (Å²) < 4.78 is 0. The molecule has 0 unspecified atom stereocenters. The molecule has 0 saturated carbocycles. The van der Waals surface area contributed by atoms with Gasteiger partial charge in [-0.3, -0.25) is 5.10 Å². The monoisotopic (exact) mass is 327 g/mol. The number of piperazine rings is 1. The highest BCUT2D eigenvalue weighted by Crippen LogP contribution is 2.28. The smallest absolute Gasteiger partial charge is 0.140 e. The summed E-state index contributed by atoms with van der Waals surface area (Å²) in [4.78, 5) is 9.31. The summed E-state index contributed by atoms with van der Waals surface area (Å²) in [5.74, 6) is 1.03. The van der Waals surface area contributed by atoms with Gasteiger partial charge >= 0.3 is 0 Å². The van der Waals surface area contributed by atoms with Crippen LogP contribution in [0.5, 0.6) is 0 Å². The number of nitrogens with zero attached hydrogens (tertiary/aromatic N) is 4. The van der Waals surface area contributed by atoms with Gasteiger partial charge in [-0.1, -0.05) is 17.7 Å². The maximum atomic E-state index is 6.10. The van der Waals surface area contributed by atoms with Gasteiger partial charge in [-0.15, -0.1) is 0 Å². The largest absolute Gasteiger partial charge is 0.368 e. The Hall–Kier alpha value is -2.27. The number of rotatable bonds is 2. The van der Waals surface area contributed by atoms with Crippen LogP contribution in [-0.4, -0.2) is 41.4 Å². The van der Waals surface area contributed by atoms with Crippen LogP contribution in [-0.2, 0) is 0 Å². The molecule has 0 radical (unpaired) electrons. The van der Waals surface area contributed by atoms with Crippen molar-refractivity contribution in [2.24, 2.45) is 0 Å². The Kier molecular flexibility index (Phi) is 3.58. The summed E-state index contributed by atoms with van der Waals surface area (Å²) in [6.45, 7) is 5.79. The van der Waals surface area contributed by atoms with Crippen molar-refractivity contribution in [3.05, 3.63) is 47.2 Å². The topological polar surface area (TPSA) is 48.1 Å². The fraction of sp³-hybridized carbons (Fsp3) is 0.294. The molecule has 2 aromatic heterocycles. The van der Waals surface area contributed by atoms with Crippen molar-refractivity contribution in [3.63, 3.8) is 0 Å². The third-order valence-corrected chi connectivity index (χ3v) is 4.62. The normalized spacial score (nSPS) is 15.4. The molecule has 118 valence electrons. The van der Waals surface area contributed by atoms with Crippen LogP contribution < -0.4 is 9.80 Å². The highest BCUT2D eigenvalue weighted by molar-refractivity contribution is 6.30. The van der Waals surface area contributed by atoms with Gasteiger partial charge in [-0.25, -0.2) is 4.98 Å². The van der Waals surface area contributed by atoms with Gasteiger partial charge in [0.25, 0.3) is 0 Å². The molecule has 1 fully saturated rings. The highest BCUT2D eigenvalue weighted by atomic mass is 35.5. The Morgan fingerprint density at radius 2 is 1.87 bits per heavy atom. The Labute approximate surface area is 139 Å². The van der Waals surface area contributed by atoms with Gasteiger partial charge < -0.3 is 9.80 Å². The molecule has 1 N–H and O–H groups in total. The number of hydrogen-bond donors (Lipinski definition) is 1. The lowest BCUT2D eigenvalue weighted by atomic mass is 10.2. The van der Waals surface area contributed by atoms with Crippen LogP contribution in [0.15, 0.2) is 36.5 Å². The van der Waals surface area contributed by atoms with Gasteiger partial charge in [-0.2, -0.15) is 5.10 Å². The number of anilines is 2. The first-order chi connectivity index (χ1) is 11.2. The predicted octanol–water partition coefficient (Wildman–Crippen LogP) is 3.25. The van der Waals surface area contributed by atoms with Crippen LogP contribution in [0.25, 0.3) is 10.9 Å². The maximum absolute atomic E-state index is 6.10. The Balaban J connectivity index is 1.56. The van der Waals surface area contributed by atoms with E-state index in [2.05, 4.69) is 31.0 Å².